The highest BCUT2D eigenvalue weighted by molar-refractivity contribution is 6.33. The molecule has 0 spiro atoms. The maximum absolute atomic E-state index is 12.2. The standard InChI is InChI=1S/C23H22ClN5O/c24-18-13-26-23(27-17-10-9-14-5-2-1-3-6-15(14)11-17)29-21(18)28-19-8-4-7-16-12-25-22(30)20(16)19/h4,7-11,13H,1-3,5-6,12H2,(H,25,30)(H2,26,27,28,29). The average Bonchev–Trinajstić information content (AvgIpc) is 2.98. The molecule has 0 fully saturated rings. The lowest BCUT2D eigenvalue weighted by Gasteiger charge is -2.13. The van der Waals surface area contributed by atoms with E-state index in [1.807, 2.05) is 18.2 Å². The Morgan fingerprint density at radius 3 is 2.73 bits per heavy atom. The van der Waals surface area contributed by atoms with E-state index in [9.17, 15) is 4.79 Å². The van der Waals surface area contributed by atoms with Crippen LogP contribution in [-0.4, -0.2) is 15.9 Å². The van der Waals surface area contributed by atoms with Crippen LogP contribution in [-0.2, 0) is 19.4 Å². The molecule has 0 radical (unpaired) electrons. The van der Waals surface area contributed by atoms with E-state index in [1.54, 1.807) is 6.20 Å². The van der Waals surface area contributed by atoms with Crippen LogP contribution < -0.4 is 16.0 Å². The number of rotatable bonds is 4. The molecule has 30 heavy (non-hydrogen) atoms. The van der Waals surface area contributed by atoms with Gasteiger partial charge in [-0.15, -0.1) is 0 Å². The molecule has 3 N–H and O–H groups in total. The van der Waals surface area contributed by atoms with Gasteiger partial charge in [-0.05, 0) is 60.6 Å². The number of halogens is 1. The van der Waals surface area contributed by atoms with Crippen LogP contribution in [0.2, 0.25) is 5.02 Å². The second kappa shape index (κ2) is 7.95. The summed E-state index contributed by atoms with van der Waals surface area (Å²) in [7, 11) is 0. The smallest absolute Gasteiger partial charge is 0.254 e. The van der Waals surface area contributed by atoms with Crippen molar-refractivity contribution >= 4 is 40.6 Å². The summed E-state index contributed by atoms with van der Waals surface area (Å²) in [5, 5.41) is 9.72. The van der Waals surface area contributed by atoms with Crippen molar-refractivity contribution in [2.75, 3.05) is 10.6 Å². The number of carbonyl (C=O) groups is 1. The van der Waals surface area contributed by atoms with E-state index in [1.165, 1.54) is 30.4 Å². The lowest BCUT2D eigenvalue weighted by Crippen LogP contribution is -2.13. The van der Waals surface area contributed by atoms with E-state index in [2.05, 4.69) is 44.1 Å². The van der Waals surface area contributed by atoms with E-state index in [0.717, 1.165) is 24.1 Å². The SMILES string of the molecule is O=C1NCc2cccc(Nc3nc(Nc4ccc5c(c4)CCCCC5)ncc3Cl)c21. The van der Waals surface area contributed by atoms with Crippen molar-refractivity contribution in [3.63, 3.8) is 0 Å². The van der Waals surface area contributed by atoms with Crippen LogP contribution in [0.3, 0.4) is 0 Å². The third-order valence-electron chi connectivity index (χ3n) is 5.67. The van der Waals surface area contributed by atoms with E-state index in [-0.39, 0.29) is 5.91 Å². The van der Waals surface area contributed by atoms with Gasteiger partial charge < -0.3 is 16.0 Å². The Labute approximate surface area is 180 Å². The van der Waals surface area contributed by atoms with E-state index < -0.39 is 0 Å². The lowest BCUT2D eigenvalue weighted by molar-refractivity contribution is 0.0966. The van der Waals surface area contributed by atoms with Crippen molar-refractivity contribution in [3.8, 4) is 0 Å². The molecule has 2 aromatic carbocycles. The molecular weight excluding hydrogens is 398 g/mol. The van der Waals surface area contributed by atoms with E-state index in [0.29, 0.717) is 34.6 Å². The molecule has 0 saturated heterocycles. The highest BCUT2D eigenvalue weighted by Crippen LogP contribution is 2.30. The molecule has 1 aromatic heterocycles. The van der Waals surface area contributed by atoms with Crippen LogP contribution in [0.15, 0.2) is 42.6 Å². The van der Waals surface area contributed by atoms with Crippen LogP contribution in [0.5, 0.6) is 0 Å². The molecule has 0 unspecified atom stereocenters. The summed E-state index contributed by atoms with van der Waals surface area (Å²) in [5.74, 6) is 0.811. The summed E-state index contributed by atoms with van der Waals surface area (Å²) in [6.07, 6.45) is 7.60. The second-order valence-corrected chi connectivity index (χ2v) is 8.11. The first kappa shape index (κ1) is 18.9. The zero-order chi connectivity index (χ0) is 20.5. The first-order valence-electron chi connectivity index (χ1n) is 10.3. The van der Waals surface area contributed by atoms with Gasteiger partial charge in [-0.2, -0.15) is 4.98 Å². The first-order valence-corrected chi connectivity index (χ1v) is 10.6. The summed E-state index contributed by atoms with van der Waals surface area (Å²) in [6.45, 7) is 0.534. The molecule has 152 valence electrons. The molecule has 1 aliphatic carbocycles. The predicted octanol–water partition coefficient (Wildman–Crippen LogP) is 5.13. The van der Waals surface area contributed by atoms with Crippen LogP contribution in [0.25, 0.3) is 0 Å². The Morgan fingerprint density at radius 2 is 1.83 bits per heavy atom. The maximum atomic E-state index is 12.2. The normalized spacial score (nSPS) is 15.0. The molecule has 7 heteroatoms. The van der Waals surface area contributed by atoms with Crippen molar-refractivity contribution < 1.29 is 4.79 Å². The van der Waals surface area contributed by atoms with Crippen LogP contribution in [0.4, 0.5) is 23.1 Å². The number of carbonyl (C=O) groups excluding carboxylic acids is 1. The number of aromatic nitrogens is 2. The summed E-state index contributed by atoms with van der Waals surface area (Å²) in [5.41, 5.74) is 6.07. The Hall–Kier alpha value is -3.12. The highest BCUT2D eigenvalue weighted by Gasteiger charge is 2.23. The van der Waals surface area contributed by atoms with Crippen molar-refractivity contribution in [1.82, 2.24) is 15.3 Å². The summed E-state index contributed by atoms with van der Waals surface area (Å²) < 4.78 is 0. The fraction of sp³-hybridized carbons (Fsp3) is 0.261. The third-order valence-corrected chi connectivity index (χ3v) is 5.95. The van der Waals surface area contributed by atoms with Gasteiger partial charge in [0.05, 0.1) is 17.4 Å². The zero-order valence-corrected chi connectivity index (χ0v) is 17.2. The third kappa shape index (κ3) is 3.71. The number of nitrogens with one attached hydrogen (secondary N) is 3. The van der Waals surface area contributed by atoms with Crippen molar-refractivity contribution in [2.45, 2.75) is 38.6 Å². The van der Waals surface area contributed by atoms with Crippen LogP contribution in [0, 0.1) is 0 Å². The Kier molecular flexibility index (Phi) is 5.01. The molecule has 0 atom stereocenters. The molecule has 1 aliphatic heterocycles. The van der Waals surface area contributed by atoms with E-state index in [4.69, 9.17) is 11.6 Å². The largest absolute Gasteiger partial charge is 0.348 e. The number of fused-ring (bicyclic) bond motifs is 2. The van der Waals surface area contributed by atoms with Crippen molar-refractivity contribution in [2.24, 2.45) is 0 Å². The molecule has 5 rings (SSSR count). The predicted molar refractivity (Wildman–Crippen MR) is 119 cm³/mol. The van der Waals surface area contributed by atoms with Gasteiger partial charge in [0.2, 0.25) is 5.95 Å². The molecule has 1 amide bonds. The molecule has 3 aromatic rings. The fourth-order valence-electron chi connectivity index (χ4n) is 4.14. The Balaban J connectivity index is 1.40. The monoisotopic (exact) mass is 419 g/mol. The minimum atomic E-state index is -0.0957. The number of anilines is 4. The van der Waals surface area contributed by atoms with Gasteiger partial charge in [-0.1, -0.05) is 36.2 Å². The van der Waals surface area contributed by atoms with Gasteiger partial charge in [-0.25, -0.2) is 4.98 Å². The van der Waals surface area contributed by atoms with Crippen LogP contribution in [0.1, 0.15) is 46.3 Å². The van der Waals surface area contributed by atoms with Crippen molar-refractivity contribution in [3.05, 3.63) is 69.9 Å². The summed E-state index contributed by atoms with van der Waals surface area (Å²) >= 11 is 6.33. The van der Waals surface area contributed by atoms with Gasteiger partial charge >= 0.3 is 0 Å². The Morgan fingerprint density at radius 1 is 0.967 bits per heavy atom. The fourth-order valence-corrected chi connectivity index (χ4v) is 4.28. The molecular formula is C23H22ClN5O. The molecule has 2 heterocycles. The maximum Gasteiger partial charge on any atom is 0.254 e. The van der Waals surface area contributed by atoms with Gasteiger partial charge in [0.1, 0.15) is 5.02 Å². The number of nitrogens with zero attached hydrogens (tertiary/aromatic N) is 2. The highest BCUT2D eigenvalue weighted by atomic mass is 35.5. The second-order valence-electron chi connectivity index (χ2n) is 7.71. The van der Waals surface area contributed by atoms with Gasteiger partial charge in [-0.3, -0.25) is 4.79 Å². The Bertz CT molecular complexity index is 1130. The first-order chi connectivity index (χ1) is 14.7. The van der Waals surface area contributed by atoms with E-state index >= 15 is 0 Å². The molecule has 2 aliphatic rings. The molecule has 0 bridgehead atoms. The molecule has 0 saturated carbocycles. The van der Waals surface area contributed by atoms with Gasteiger partial charge in [0.25, 0.3) is 5.91 Å². The number of hydrogen-bond donors (Lipinski definition) is 3. The minimum Gasteiger partial charge on any atom is -0.348 e. The minimum absolute atomic E-state index is 0.0957. The number of amides is 1. The number of benzene rings is 2. The number of aryl methyl sites for hydroxylation is 2. The van der Waals surface area contributed by atoms with Gasteiger partial charge in [0, 0.05) is 12.2 Å². The lowest BCUT2D eigenvalue weighted by atomic mass is 10.0. The zero-order valence-electron chi connectivity index (χ0n) is 16.5. The summed E-state index contributed by atoms with van der Waals surface area (Å²) in [4.78, 5) is 21.0. The van der Waals surface area contributed by atoms with Crippen LogP contribution >= 0.6 is 11.6 Å². The summed E-state index contributed by atoms with van der Waals surface area (Å²) in [6, 6.07) is 12.2. The van der Waals surface area contributed by atoms with Gasteiger partial charge in [0.15, 0.2) is 5.82 Å². The topological polar surface area (TPSA) is 78.9 Å². The molecule has 6 nitrogen and oxygen atoms in total. The average molecular weight is 420 g/mol. The quantitative estimate of drug-likeness (QED) is 0.511. The number of hydrogen-bond acceptors (Lipinski definition) is 5. The van der Waals surface area contributed by atoms with Crippen molar-refractivity contribution in [1.29, 1.82) is 0 Å².